The number of carbonyl (C=O) groups is 1. The minimum absolute atomic E-state index is 0.155. The van der Waals surface area contributed by atoms with Gasteiger partial charge in [0.15, 0.2) is 0 Å². The van der Waals surface area contributed by atoms with Crippen molar-refractivity contribution < 1.29 is 9.53 Å². The van der Waals surface area contributed by atoms with Crippen molar-refractivity contribution in [3.8, 4) is 0 Å². The Morgan fingerprint density at radius 1 is 1.13 bits per heavy atom. The van der Waals surface area contributed by atoms with Gasteiger partial charge >= 0.3 is 6.09 Å². The molecule has 3 heterocycles. The summed E-state index contributed by atoms with van der Waals surface area (Å²) in [4.78, 5) is 20.4. The van der Waals surface area contributed by atoms with Gasteiger partial charge in [-0.2, -0.15) is 5.10 Å². The number of rotatable bonds is 3. The largest absolute Gasteiger partial charge is 0.450 e. The number of amides is 1. The third-order valence-corrected chi connectivity index (χ3v) is 5.05. The zero-order valence-electron chi connectivity index (χ0n) is 13.9. The molecule has 1 aromatic heterocycles. The molecule has 0 aliphatic carbocycles. The number of hydrogen-bond acceptors (Lipinski definition) is 5. The quantitative estimate of drug-likeness (QED) is 0.851. The number of likely N-dealkylation sites (tertiary alicyclic amines) is 2. The van der Waals surface area contributed by atoms with Crippen molar-refractivity contribution in [3.05, 3.63) is 12.7 Å². The molecule has 0 radical (unpaired) electrons. The van der Waals surface area contributed by atoms with E-state index in [2.05, 4.69) is 15.0 Å². The molecule has 3 rings (SSSR count). The fourth-order valence-corrected chi connectivity index (χ4v) is 3.76. The van der Waals surface area contributed by atoms with Gasteiger partial charge in [0.25, 0.3) is 0 Å². The van der Waals surface area contributed by atoms with Gasteiger partial charge < -0.3 is 14.5 Å². The maximum Gasteiger partial charge on any atom is 0.409 e. The third kappa shape index (κ3) is 4.02. The molecule has 2 aliphatic heterocycles. The second kappa shape index (κ2) is 7.77. The summed E-state index contributed by atoms with van der Waals surface area (Å²) in [6, 6.07) is 1.07. The highest BCUT2D eigenvalue weighted by Gasteiger charge is 2.29. The topological polar surface area (TPSA) is 63.5 Å². The molecular formula is C16H27N5O2. The van der Waals surface area contributed by atoms with Gasteiger partial charge in [0, 0.05) is 32.2 Å². The van der Waals surface area contributed by atoms with Crippen molar-refractivity contribution in [2.24, 2.45) is 0 Å². The van der Waals surface area contributed by atoms with E-state index >= 15 is 0 Å². The Morgan fingerprint density at radius 2 is 1.91 bits per heavy atom. The van der Waals surface area contributed by atoms with E-state index in [4.69, 9.17) is 4.74 Å². The summed E-state index contributed by atoms with van der Waals surface area (Å²) in [5.74, 6) is 0. The average molecular weight is 321 g/mol. The van der Waals surface area contributed by atoms with Crippen LogP contribution in [0.3, 0.4) is 0 Å². The smallest absolute Gasteiger partial charge is 0.409 e. The first kappa shape index (κ1) is 16.2. The molecule has 2 aliphatic rings. The van der Waals surface area contributed by atoms with Gasteiger partial charge in [0.2, 0.25) is 0 Å². The van der Waals surface area contributed by atoms with E-state index in [1.54, 1.807) is 6.33 Å². The first-order chi connectivity index (χ1) is 11.3. The highest BCUT2D eigenvalue weighted by molar-refractivity contribution is 5.67. The Kier molecular flexibility index (Phi) is 5.48. The molecule has 2 fully saturated rings. The van der Waals surface area contributed by atoms with Crippen LogP contribution in [0.1, 0.15) is 45.1 Å². The van der Waals surface area contributed by atoms with Crippen molar-refractivity contribution in [1.29, 1.82) is 0 Å². The molecule has 1 atom stereocenters. The summed E-state index contributed by atoms with van der Waals surface area (Å²) in [5.41, 5.74) is 0. The van der Waals surface area contributed by atoms with E-state index in [0.717, 1.165) is 51.9 Å². The normalized spacial score (nSPS) is 24.4. The van der Waals surface area contributed by atoms with E-state index in [1.165, 1.54) is 6.42 Å². The molecule has 1 unspecified atom stereocenters. The van der Waals surface area contributed by atoms with Gasteiger partial charge in [-0.3, -0.25) is 0 Å². The van der Waals surface area contributed by atoms with E-state index in [0.29, 0.717) is 18.7 Å². The van der Waals surface area contributed by atoms with Crippen LogP contribution < -0.4 is 0 Å². The molecule has 1 amide bonds. The first-order valence-corrected chi connectivity index (χ1v) is 8.77. The molecule has 0 aromatic carbocycles. The van der Waals surface area contributed by atoms with E-state index in [9.17, 15) is 4.79 Å². The van der Waals surface area contributed by atoms with Crippen LogP contribution in [0.15, 0.2) is 12.7 Å². The first-order valence-electron chi connectivity index (χ1n) is 8.77. The van der Waals surface area contributed by atoms with Gasteiger partial charge in [0.05, 0.1) is 12.6 Å². The lowest BCUT2D eigenvalue weighted by Gasteiger charge is -2.37. The second-order valence-corrected chi connectivity index (χ2v) is 6.41. The van der Waals surface area contributed by atoms with Crippen LogP contribution in [0.25, 0.3) is 0 Å². The Hall–Kier alpha value is -1.63. The highest BCUT2D eigenvalue weighted by Crippen LogP contribution is 2.26. The van der Waals surface area contributed by atoms with Gasteiger partial charge in [0.1, 0.15) is 12.7 Å². The monoisotopic (exact) mass is 321 g/mol. The van der Waals surface area contributed by atoms with Gasteiger partial charge in [-0.25, -0.2) is 14.5 Å². The standard InChI is InChI=1S/C16H27N5O2/c1-2-23-16(22)20-8-3-4-14(5-11-20)19-9-6-15(7-10-19)21-13-17-12-18-21/h12-15H,2-11H2,1H3. The number of piperidine rings is 1. The molecule has 7 heteroatoms. The Balaban J connectivity index is 1.48. The average Bonchev–Trinajstić information content (AvgIpc) is 3.00. The highest BCUT2D eigenvalue weighted by atomic mass is 16.6. The summed E-state index contributed by atoms with van der Waals surface area (Å²) in [7, 11) is 0. The minimum atomic E-state index is -0.155. The zero-order valence-corrected chi connectivity index (χ0v) is 13.9. The number of carbonyl (C=O) groups excluding carboxylic acids is 1. The summed E-state index contributed by atoms with van der Waals surface area (Å²) in [6.07, 6.45) is 8.81. The number of hydrogen-bond donors (Lipinski definition) is 0. The predicted molar refractivity (Wildman–Crippen MR) is 86.1 cm³/mol. The Bertz CT molecular complexity index is 485. The molecule has 1 aromatic rings. The van der Waals surface area contributed by atoms with Crippen LogP contribution in [0.5, 0.6) is 0 Å². The van der Waals surface area contributed by atoms with Crippen molar-refractivity contribution in [3.63, 3.8) is 0 Å². The summed E-state index contributed by atoms with van der Waals surface area (Å²) < 4.78 is 7.12. The lowest BCUT2D eigenvalue weighted by atomic mass is 10.00. The van der Waals surface area contributed by atoms with Crippen LogP contribution in [-0.4, -0.2) is 69.5 Å². The molecule has 128 valence electrons. The molecule has 0 N–H and O–H groups in total. The minimum Gasteiger partial charge on any atom is -0.450 e. The number of ether oxygens (including phenoxy) is 1. The van der Waals surface area contributed by atoms with Gasteiger partial charge in [-0.15, -0.1) is 0 Å². The molecule has 0 bridgehead atoms. The van der Waals surface area contributed by atoms with Crippen LogP contribution in [0.4, 0.5) is 4.79 Å². The Labute approximate surface area is 137 Å². The van der Waals surface area contributed by atoms with Crippen LogP contribution in [0, 0.1) is 0 Å². The lowest BCUT2D eigenvalue weighted by molar-refractivity contribution is 0.103. The second-order valence-electron chi connectivity index (χ2n) is 6.41. The molecule has 23 heavy (non-hydrogen) atoms. The fourth-order valence-electron chi connectivity index (χ4n) is 3.76. The SMILES string of the molecule is CCOC(=O)N1CCCC(N2CCC(n3cncn3)CC2)CC1. The zero-order chi connectivity index (χ0) is 16.1. The third-order valence-electron chi connectivity index (χ3n) is 5.05. The summed E-state index contributed by atoms with van der Waals surface area (Å²) in [6.45, 7) is 6.16. The number of aromatic nitrogens is 3. The van der Waals surface area contributed by atoms with Crippen molar-refractivity contribution in [2.75, 3.05) is 32.8 Å². The maximum absolute atomic E-state index is 11.9. The fraction of sp³-hybridized carbons (Fsp3) is 0.812. The molecule has 2 saturated heterocycles. The van der Waals surface area contributed by atoms with Gasteiger partial charge in [-0.05, 0) is 39.0 Å². The van der Waals surface area contributed by atoms with E-state index in [1.807, 2.05) is 22.8 Å². The van der Waals surface area contributed by atoms with Crippen molar-refractivity contribution in [2.45, 2.75) is 51.1 Å². The van der Waals surface area contributed by atoms with Crippen LogP contribution >= 0.6 is 0 Å². The predicted octanol–water partition coefficient (Wildman–Crippen LogP) is 1.93. The molecular weight excluding hydrogens is 294 g/mol. The molecule has 0 spiro atoms. The summed E-state index contributed by atoms with van der Waals surface area (Å²) in [5, 5.41) is 4.27. The molecule has 0 saturated carbocycles. The number of nitrogens with zero attached hydrogens (tertiary/aromatic N) is 5. The van der Waals surface area contributed by atoms with Crippen molar-refractivity contribution in [1.82, 2.24) is 24.6 Å². The molecule has 7 nitrogen and oxygen atoms in total. The van der Waals surface area contributed by atoms with E-state index < -0.39 is 0 Å². The van der Waals surface area contributed by atoms with Gasteiger partial charge in [-0.1, -0.05) is 0 Å². The summed E-state index contributed by atoms with van der Waals surface area (Å²) >= 11 is 0. The van der Waals surface area contributed by atoms with Crippen LogP contribution in [-0.2, 0) is 4.74 Å². The Morgan fingerprint density at radius 3 is 2.61 bits per heavy atom. The van der Waals surface area contributed by atoms with Crippen molar-refractivity contribution >= 4 is 6.09 Å². The lowest BCUT2D eigenvalue weighted by Crippen LogP contribution is -2.42. The van der Waals surface area contributed by atoms with Crippen LogP contribution in [0.2, 0.25) is 0 Å². The van der Waals surface area contributed by atoms with E-state index in [-0.39, 0.29) is 6.09 Å². The maximum atomic E-state index is 11.9.